The highest BCUT2D eigenvalue weighted by Crippen LogP contribution is 2.08. The summed E-state index contributed by atoms with van der Waals surface area (Å²) < 4.78 is 25.7. The fourth-order valence-electron chi connectivity index (χ4n) is 0. The molecule has 37 valence electrons. The van der Waals surface area contributed by atoms with Crippen molar-refractivity contribution in [2.45, 2.75) is 6.11 Å². The molecule has 1 nitrogen and oxygen atoms in total. The van der Waals surface area contributed by atoms with E-state index in [9.17, 15) is 8.78 Å². The summed E-state index contributed by atoms with van der Waals surface area (Å²) in [6.07, 6.45) is -3.21. The molecule has 0 rings (SSSR count). The van der Waals surface area contributed by atoms with Gasteiger partial charge in [-0.2, -0.15) is 8.78 Å². The zero-order valence-electron chi connectivity index (χ0n) is 3.37. The molecule has 0 saturated heterocycles. The fourth-order valence-corrected chi connectivity index (χ4v) is 0. The number of rotatable bonds is 1. The summed E-state index contributed by atoms with van der Waals surface area (Å²) in [6, 6.07) is 0. The summed E-state index contributed by atoms with van der Waals surface area (Å²) >= 11 is 0. The molecule has 0 aromatic rings. The first-order chi connectivity index (χ1) is 2.56. The molecule has 0 fully saturated rings. The molecule has 0 amide bonds. The Morgan fingerprint density at radius 2 is 1.83 bits per heavy atom. The predicted octanol–water partition coefficient (Wildman–Crippen LogP) is 1.06. The SMILES string of the molecule is [CH2]C(F)(F)OC. The summed E-state index contributed by atoms with van der Waals surface area (Å²) in [5.41, 5.74) is 0. The molecular formula is C3H5F2O. The zero-order chi connectivity index (χ0) is 5.21. The maximum absolute atomic E-state index is 11.1. The standard InChI is InChI=1S/C3H5F2O/c1-3(4,5)6-2/h1H2,2H3. The zero-order valence-corrected chi connectivity index (χ0v) is 3.37. The summed E-state index contributed by atoms with van der Waals surface area (Å²) in [4.78, 5) is 0. The third kappa shape index (κ3) is 3.82. The molecule has 0 atom stereocenters. The third-order valence-electron chi connectivity index (χ3n) is 0.299. The molecule has 0 heterocycles. The Morgan fingerprint density at radius 3 is 1.83 bits per heavy atom. The smallest absolute Gasteiger partial charge is 0.324 e. The van der Waals surface area contributed by atoms with Crippen LogP contribution in [0.1, 0.15) is 0 Å². The number of ether oxygens (including phenoxy) is 1. The summed E-state index contributed by atoms with van der Waals surface area (Å²) in [5.74, 6) is 0. The Balaban J connectivity index is 3.17. The minimum Gasteiger partial charge on any atom is -0.324 e. The van der Waals surface area contributed by atoms with Gasteiger partial charge < -0.3 is 4.74 Å². The van der Waals surface area contributed by atoms with Crippen molar-refractivity contribution in [1.82, 2.24) is 0 Å². The minimum atomic E-state index is -3.21. The molecule has 0 aliphatic heterocycles. The average Bonchev–Trinajstić information content (AvgIpc) is 1.35. The lowest BCUT2D eigenvalue weighted by molar-refractivity contribution is -0.183. The van der Waals surface area contributed by atoms with E-state index < -0.39 is 6.11 Å². The highest BCUT2D eigenvalue weighted by Gasteiger charge is 2.17. The van der Waals surface area contributed by atoms with Crippen LogP contribution >= 0.6 is 0 Å². The molecule has 0 aromatic heterocycles. The van der Waals surface area contributed by atoms with Crippen molar-refractivity contribution in [3.63, 3.8) is 0 Å². The molecule has 0 aliphatic rings. The van der Waals surface area contributed by atoms with Crippen LogP contribution in [0.15, 0.2) is 0 Å². The second-order valence-electron chi connectivity index (χ2n) is 0.841. The van der Waals surface area contributed by atoms with Crippen LogP contribution in [0.4, 0.5) is 8.78 Å². The summed E-state index contributed by atoms with van der Waals surface area (Å²) in [6.45, 7) is 2.33. The Labute approximate surface area is 34.9 Å². The quantitative estimate of drug-likeness (QED) is 0.473. The maximum Gasteiger partial charge on any atom is 0.355 e. The largest absolute Gasteiger partial charge is 0.355 e. The van der Waals surface area contributed by atoms with Crippen molar-refractivity contribution in [2.75, 3.05) is 7.11 Å². The van der Waals surface area contributed by atoms with Crippen molar-refractivity contribution in [1.29, 1.82) is 0 Å². The lowest BCUT2D eigenvalue weighted by Gasteiger charge is -2.03. The Morgan fingerprint density at radius 1 is 1.67 bits per heavy atom. The number of hydrogen-bond acceptors (Lipinski definition) is 1. The molecule has 6 heavy (non-hydrogen) atoms. The predicted molar refractivity (Wildman–Crippen MR) is 17.3 cm³/mol. The Hall–Kier alpha value is -0.180. The monoisotopic (exact) mass is 95.0 g/mol. The normalized spacial score (nSPS) is 12.0. The van der Waals surface area contributed by atoms with Crippen LogP contribution in [0.3, 0.4) is 0 Å². The first-order valence-electron chi connectivity index (χ1n) is 1.34. The van der Waals surface area contributed by atoms with Gasteiger partial charge in [-0.05, 0) is 0 Å². The van der Waals surface area contributed by atoms with Gasteiger partial charge in [0.05, 0.1) is 0 Å². The van der Waals surface area contributed by atoms with Crippen LogP contribution in [0.2, 0.25) is 0 Å². The van der Waals surface area contributed by atoms with Gasteiger partial charge in [-0.3, -0.25) is 0 Å². The van der Waals surface area contributed by atoms with Crippen molar-refractivity contribution in [2.24, 2.45) is 0 Å². The number of hydrogen-bond donors (Lipinski definition) is 0. The van der Waals surface area contributed by atoms with Crippen LogP contribution < -0.4 is 0 Å². The molecule has 0 aliphatic carbocycles. The Kier molecular flexibility index (Phi) is 1.47. The molecule has 1 radical (unpaired) electrons. The van der Waals surface area contributed by atoms with Crippen molar-refractivity contribution in [3.8, 4) is 0 Å². The molecule has 3 heteroatoms. The lowest BCUT2D eigenvalue weighted by atomic mass is 10.8. The van der Waals surface area contributed by atoms with Gasteiger partial charge in [0, 0.05) is 14.0 Å². The highest BCUT2D eigenvalue weighted by molar-refractivity contribution is 4.49. The van der Waals surface area contributed by atoms with E-state index >= 15 is 0 Å². The third-order valence-corrected chi connectivity index (χ3v) is 0.299. The van der Waals surface area contributed by atoms with Crippen molar-refractivity contribution < 1.29 is 13.5 Å². The van der Waals surface area contributed by atoms with Crippen LogP contribution in [0, 0.1) is 6.92 Å². The molecule has 0 aromatic carbocycles. The lowest BCUT2D eigenvalue weighted by Crippen LogP contribution is -2.11. The fraction of sp³-hybridized carbons (Fsp3) is 0.667. The summed E-state index contributed by atoms with van der Waals surface area (Å²) in [7, 11) is 0.896. The highest BCUT2D eigenvalue weighted by atomic mass is 19.3. The van der Waals surface area contributed by atoms with Gasteiger partial charge >= 0.3 is 6.11 Å². The molecule has 0 N–H and O–H groups in total. The molecule has 0 bridgehead atoms. The van der Waals surface area contributed by atoms with E-state index in [0.717, 1.165) is 7.11 Å². The number of halogens is 2. The van der Waals surface area contributed by atoms with E-state index in [1.54, 1.807) is 0 Å². The second kappa shape index (κ2) is 1.51. The average molecular weight is 95.1 g/mol. The van der Waals surface area contributed by atoms with Gasteiger partial charge in [0.15, 0.2) is 0 Å². The van der Waals surface area contributed by atoms with E-state index in [1.165, 1.54) is 0 Å². The van der Waals surface area contributed by atoms with Crippen LogP contribution in [-0.4, -0.2) is 13.2 Å². The second-order valence-corrected chi connectivity index (χ2v) is 0.841. The van der Waals surface area contributed by atoms with Gasteiger partial charge in [-0.15, -0.1) is 0 Å². The van der Waals surface area contributed by atoms with Crippen LogP contribution in [0.5, 0.6) is 0 Å². The number of methoxy groups -OCH3 is 1. The van der Waals surface area contributed by atoms with Gasteiger partial charge in [-0.25, -0.2) is 0 Å². The molecule has 0 saturated carbocycles. The molecular weight excluding hydrogens is 90.0 g/mol. The van der Waals surface area contributed by atoms with Gasteiger partial charge in [0.1, 0.15) is 0 Å². The summed E-state index contributed by atoms with van der Waals surface area (Å²) in [5, 5.41) is 0. The van der Waals surface area contributed by atoms with E-state index in [2.05, 4.69) is 11.7 Å². The first kappa shape index (κ1) is 5.82. The van der Waals surface area contributed by atoms with E-state index in [-0.39, 0.29) is 0 Å². The number of alkyl halides is 2. The van der Waals surface area contributed by atoms with Crippen LogP contribution in [-0.2, 0) is 4.74 Å². The maximum atomic E-state index is 11.1. The van der Waals surface area contributed by atoms with Crippen LogP contribution in [0.25, 0.3) is 0 Å². The van der Waals surface area contributed by atoms with E-state index in [1.807, 2.05) is 0 Å². The molecule has 0 unspecified atom stereocenters. The minimum absolute atomic E-state index is 0.896. The Bertz CT molecular complexity index is 38.5. The van der Waals surface area contributed by atoms with Gasteiger partial charge in [0.25, 0.3) is 0 Å². The van der Waals surface area contributed by atoms with E-state index in [0.29, 0.717) is 0 Å². The van der Waals surface area contributed by atoms with E-state index in [4.69, 9.17) is 0 Å². The first-order valence-corrected chi connectivity index (χ1v) is 1.34. The van der Waals surface area contributed by atoms with Gasteiger partial charge in [0.2, 0.25) is 0 Å². The van der Waals surface area contributed by atoms with Crippen molar-refractivity contribution in [3.05, 3.63) is 6.92 Å². The molecule has 0 spiro atoms. The van der Waals surface area contributed by atoms with Gasteiger partial charge in [-0.1, -0.05) is 0 Å². The van der Waals surface area contributed by atoms with Crippen molar-refractivity contribution >= 4 is 0 Å². The topological polar surface area (TPSA) is 9.23 Å².